The lowest BCUT2D eigenvalue weighted by atomic mass is 9.85. The summed E-state index contributed by atoms with van der Waals surface area (Å²) in [6.45, 7) is 0. The molecule has 44 heavy (non-hydrogen) atoms. The lowest BCUT2D eigenvalue weighted by Crippen LogP contribution is -1.91. The van der Waals surface area contributed by atoms with Gasteiger partial charge in [-0.25, -0.2) is 0 Å². The van der Waals surface area contributed by atoms with Crippen molar-refractivity contribution in [2.24, 2.45) is 0 Å². The third kappa shape index (κ3) is 3.85. The third-order valence-electron chi connectivity index (χ3n) is 9.22. The molecule has 0 fully saturated rings. The Morgan fingerprint density at radius 1 is 0.227 bits per heavy atom. The molecule has 0 atom stereocenters. The summed E-state index contributed by atoms with van der Waals surface area (Å²) in [6.07, 6.45) is 0. The van der Waals surface area contributed by atoms with Crippen molar-refractivity contribution in [2.75, 3.05) is 0 Å². The Morgan fingerprint density at radius 3 is 1.41 bits per heavy atom. The second kappa shape index (κ2) is 9.93. The molecule has 0 unspecified atom stereocenters. The minimum absolute atomic E-state index is 1.24. The van der Waals surface area contributed by atoms with E-state index in [-0.39, 0.29) is 0 Å². The van der Waals surface area contributed by atoms with E-state index < -0.39 is 0 Å². The van der Waals surface area contributed by atoms with E-state index in [9.17, 15) is 0 Å². The van der Waals surface area contributed by atoms with Crippen molar-refractivity contribution < 1.29 is 0 Å². The molecule has 0 spiro atoms. The highest BCUT2D eigenvalue weighted by atomic mass is 14.2. The van der Waals surface area contributed by atoms with Gasteiger partial charge in [-0.3, -0.25) is 0 Å². The van der Waals surface area contributed by atoms with E-state index in [4.69, 9.17) is 0 Å². The fourth-order valence-electron chi connectivity index (χ4n) is 7.22. The quantitative estimate of drug-likeness (QED) is 0.150. The maximum atomic E-state index is 2.37. The molecule has 0 aliphatic heterocycles. The number of benzene rings is 9. The number of hydrogen-bond donors (Lipinski definition) is 0. The summed E-state index contributed by atoms with van der Waals surface area (Å²) >= 11 is 0. The zero-order valence-electron chi connectivity index (χ0n) is 24.2. The van der Waals surface area contributed by atoms with Crippen LogP contribution in [0.5, 0.6) is 0 Å². The normalized spacial score (nSPS) is 11.6. The maximum Gasteiger partial charge on any atom is -0.00262 e. The lowest BCUT2D eigenvalue weighted by Gasteiger charge is -2.18. The average molecular weight is 557 g/mol. The van der Waals surface area contributed by atoms with Crippen LogP contribution in [0.25, 0.3) is 87.2 Å². The van der Waals surface area contributed by atoms with Crippen molar-refractivity contribution in [1.82, 2.24) is 0 Å². The van der Waals surface area contributed by atoms with Crippen LogP contribution in [0.1, 0.15) is 0 Å². The van der Waals surface area contributed by atoms with Crippen molar-refractivity contribution in [3.63, 3.8) is 0 Å². The molecule has 204 valence electrons. The van der Waals surface area contributed by atoms with Gasteiger partial charge in [0, 0.05) is 0 Å². The topological polar surface area (TPSA) is 0 Å². The molecule has 0 nitrogen and oxygen atoms in total. The molecule has 9 rings (SSSR count). The maximum absolute atomic E-state index is 2.37. The van der Waals surface area contributed by atoms with E-state index in [1.54, 1.807) is 0 Å². The highest BCUT2D eigenvalue weighted by molar-refractivity contribution is 6.22. The molecule has 0 aliphatic carbocycles. The summed E-state index contributed by atoms with van der Waals surface area (Å²) in [4.78, 5) is 0. The monoisotopic (exact) mass is 556 g/mol. The smallest absolute Gasteiger partial charge is 0.00262 e. The van der Waals surface area contributed by atoms with Crippen molar-refractivity contribution in [3.8, 4) is 33.4 Å². The fourth-order valence-corrected chi connectivity index (χ4v) is 7.22. The van der Waals surface area contributed by atoms with Crippen molar-refractivity contribution in [3.05, 3.63) is 170 Å². The Bertz CT molecular complexity index is 2480. The van der Waals surface area contributed by atoms with E-state index >= 15 is 0 Å². The Balaban J connectivity index is 1.23. The predicted octanol–water partition coefficient (Wildman–Crippen LogP) is 12.5. The van der Waals surface area contributed by atoms with Crippen LogP contribution in [0, 0.1) is 0 Å². The highest BCUT2D eigenvalue weighted by Crippen LogP contribution is 2.44. The van der Waals surface area contributed by atoms with Gasteiger partial charge in [0.05, 0.1) is 0 Å². The largest absolute Gasteiger partial charge is 0.0622 e. The summed E-state index contributed by atoms with van der Waals surface area (Å²) in [5.41, 5.74) is 7.60. The molecule has 0 bridgehead atoms. The third-order valence-corrected chi connectivity index (χ3v) is 9.22. The molecular formula is C44H28. The molecule has 9 aromatic carbocycles. The minimum Gasteiger partial charge on any atom is -0.0622 e. The first-order valence-electron chi connectivity index (χ1n) is 15.3. The number of fused-ring (bicyclic) bond motifs is 6. The lowest BCUT2D eigenvalue weighted by molar-refractivity contribution is 1.66. The highest BCUT2D eigenvalue weighted by Gasteiger charge is 2.16. The molecule has 0 radical (unpaired) electrons. The van der Waals surface area contributed by atoms with Crippen molar-refractivity contribution >= 4 is 53.9 Å². The molecular weight excluding hydrogens is 528 g/mol. The Kier molecular flexibility index (Phi) is 5.61. The van der Waals surface area contributed by atoms with Crippen LogP contribution in [0.3, 0.4) is 0 Å². The van der Waals surface area contributed by atoms with Gasteiger partial charge in [-0.1, -0.05) is 158 Å². The summed E-state index contributed by atoms with van der Waals surface area (Å²) in [6, 6.07) is 62.3. The Labute approximate surface area is 256 Å². The molecule has 0 amide bonds. The molecule has 0 N–H and O–H groups in total. The van der Waals surface area contributed by atoms with Crippen LogP contribution in [0.15, 0.2) is 170 Å². The Hall–Kier alpha value is -5.72. The molecule has 0 saturated carbocycles. The van der Waals surface area contributed by atoms with Crippen molar-refractivity contribution in [1.29, 1.82) is 0 Å². The van der Waals surface area contributed by atoms with E-state index in [1.807, 2.05) is 0 Å². The fraction of sp³-hybridized carbons (Fsp3) is 0. The number of rotatable bonds is 3. The van der Waals surface area contributed by atoms with Crippen LogP contribution in [-0.2, 0) is 0 Å². The second-order valence-electron chi connectivity index (χ2n) is 11.7. The minimum atomic E-state index is 1.24. The van der Waals surface area contributed by atoms with Gasteiger partial charge in [-0.2, -0.15) is 0 Å². The van der Waals surface area contributed by atoms with Crippen LogP contribution < -0.4 is 0 Å². The number of hydrogen-bond acceptors (Lipinski definition) is 0. The Morgan fingerprint density at radius 2 is 0.727 bits per heavy atom. The van der Waals surface area contributed by atoms with Gasteiger partial charge in [0.2, 0.25) is 0 Å². The van der Waals surface area contributed by atoms with Crippen LogP contribution in [-0.4, -0.2) is 0 Å². The van der Waals surface area contributed by atoms with Crippen LogP contribution in [0.2, 0.25) is 0 Å². The zero-order valence-corrected chi connectivity index (χ0v) is 24.2. The molecule has 0 heteroatoms. The van der Waals surface area contributed by atoms with Gasteiger partial charge >= 0.3 is 0 Å². The summed E-state index contributed by atoms with van der Waals surface area (Å²) in [5.74, 6) is 0. The standard InChI is InChI=1S/C44H28/c1-2-12-30(13-3-1)43-39-15-6-8-17-41(39)44(42-18-9-7-16-40(42)43)34-24-22-31-27-33(23-21-32(31)28-34)36-19-10-20-37-35-14-5-4-11-29(35)25-26-38(36)37/h1-28H. The summed E-state index contributed by atoms with van der Waals surface area (Å²) < 4.78 is 0. The van der Waals surface area contributed by atoms with Crippen LogP contribution in [0.4, 0.5) is 0 Å². The summed E-state index contributed by atoms with van der Waals surface area (Å²) in [5, 5.41) is 12.8. The zero-order chi connectivity index (χ0) is 29.0. The van der Waals surface area contributed by atoms with Gasteiger partial charge in [0.25, 0.3) is 0 Å². The van der Waals surface area contributed by atoms with E-state index in [0.29, 0.717) is 0 Å². The van der Waals surface area contributed by atoms with E-state index in [0.717, 1.165) is 0 Å². The van der Waals surface area contributed by atoms with Gasteiger partial charge in [0.15, 0.2) is 0 Å². The SMILES string of the molecule is c1ccc(-c2c3ccccc3c(-c3ccc4cc(-c5cccc6c5ccc5ccccc56)ccc4c3)c3ccccc23)cc1. The second-order valence-corrected chi connectivity index (χ2v) is 11.7. The first-order valence-corrected chi connectivity index (χ1v) is 15.3. The first kappa shape index (κ1) is 24.8. The molecule has 0 aliphatic rings. The van der Waals surface area contributed by atoms with Gasteiger partial charge in [-0.15, -0.1) is 0 Å². The van der Waals surface area contributed by atoms with Gasteiger partial charge in [0.1, 0.15) is 0 Å². The summed E-state index contributed by atoms with van der Waals surface area (Å²) in [7, 11) is 0. The molecule has 9 aromatic rings. The van der Waals surface area contributed by atoms with E-state index in [1.165, 1.54) is 87.2 Å². The predicted molar refractivity (Wildman–Crippen MR) is 190 cm³/mol. The molecule has 0 saturated heterocycles. The van der Waals surface area contributed by atoms with E-state index in [2.05, 4.69) is 170 Å². The first-order chi connectivity index (χ1) is 21.8. The van der Waals surface area contributed by atoms with Crippen molar-refractivity contribution in [2.45, 2.75) is 0 Å². The molecule has 0 aromatic heterocycles. The molecule has 0 heterocycles. The van der Waals surface area contributed by atoms with Gasteiger partial charge in [-0.05, 0) is 99.4 Å². The van der Waals surface area contributed by atoms with Crippen LogP contribution >= 0.6 is 0 Å². The van der Waals surface area contributed by atoms with Gasteiger partial charge < -0.3 is 0 Å². The average Bonchev–Trinajstić information content (AvgIpc) is 3.10.